The Bertz CT molecular complexity index is 222. The van der Waals surface area contributed by atoms with Gasteiger partial charge in [0.2, 0.25) is 0 Å². The minimum atomic E-state index is -0.631. The summed E-state index contributed by atoms with van der Waals surface area (Å²) >= 11 is 0. The fraction of sp³-hybridized carbons (Fsp3) is 0.500. The van der Waals surface area contributed by atoms with Crippen molar-refractivity contribution in [1.29, 1.82) is 0 Å². The summed E-state index contributed by atoms with van der Waals surface area (Å²) in [5.41, 5.74) is 0. The largest absolute Gasteiger partial charge is 0.477 e. The van der Waals surface area contributed by atoms with Gasteiger partial charge in [-0.3, -0.25) is 0 Å². The Balaban J connectivity index is 2.71. The molecule has 1 atom stereocenters. The zero-order chi connectivity index (χ0) is 8.27. The number of ether oxygens (including phenoxy) is 2. The molecule has 0 N–H and O–H groups in total. The van der Waals surface area contributed by atoms with Crippen molar-refractivity contribution in [3.63, 3.8) is 0 Å². The first kappa shape index (κ1) is 7.87. The van der Waals surface area contributed by atoms with Gasteiger partial charge in [0, 0.05) is 19.3 Å². The second-order valence-electron chi connectivity index (χ2n) is 1.93. The predicted octanol–water partition coefficient (Wildman–Crippen LogP) is 0.267. The van der Waals surface area contributed by atoms with E-state index in [0.717, 1.165) is 0 Å². The van der Waals surface area contributed by atoms with Crippen LogP contribution in [0.5, 0.6) is 0 Å². The Morgan fingerprint density at radius 3 is 2.82 bits per heavy atom. The maximum Gasteiger partial charge on any atom is 0.359 e. The Morgan fingerprint density at radius 1 is 1.64 bits per heavy atom. The Kier molecular flexibility index (Phi) is 2.32. The number of rotatable bonds is 1. The molecule has 11 heavy (non-hydrogen) atoms. The summed E-state index contributed by atoms with van der Waals surface area (Å²) in [7, 11) is 2.89. The molecule has 5 heteroatoms. The zero-order valence-electron chi connectivity index (χ0n) is 6.35. The molecular weight excluding hydrogens is 148 g/mol. The number of hydrazone groups is 1. The van der Waals surface area contributed by atoms with Crippen molar-refractivity contribution in [2.75, 3.05) is 14.2 Å². The van der Waals surface area contributed by atoms with Crippen LogP contribution in [0.4, 0.5) is 0 Å². The average Bonchev–Trinajstić information content (AvgIpc) is 2.04. The molecule has 0 bridgehead atoms. The number of methoxy groups -OCH3 is 2. The minimum Gasteiger partial charge on any atom is -0.477 e. The number of hydrogen-bond donors (Lipinski definition) is 0. The molecule has 60 valence electrons. The lowest BCUT2D eigenvalue weighted by Gasteiger charge is -2.02. The molecule has 1 aliphatic rings. The van der Waals surface area contributed by atoms with Crippen molar-refractivity contribution in [3.8, 4) is 0 Å². The minimum absolute atomic E-state index is 0.285. The van der Waals surface area contributed by atoms with E-state index in [2.05, 4.69) is 5.10 Å². The first-order valence-electron chi connectivity index (χ1n) is 3.08. The highest BCUT2D eigenvalue weighted by molar-refractivity contribution is 5.87. The van der Waals surface area contributed by atoms with Crippen molar-refractivity contribution in [2.24, 2.45) is 5.10 Å². The highest BCUT2D eigenvalue weighted by Crippen LogP contribution is 2.02. The van der Waals surface area contributed by atoms with E-state index >= 15 is 0 Å². The molecule has 0 saturated heterocycles. The van der Waals surface area contributed by atoms with Gasteiger partial charge in [0.1, 0.15) is 0 Å². The van der Waals surface area contributed by atoms with E-state index < -0.39 is 6.23 Å². The highest BCUT2D eigenvalue weighted by atomic mass is 16.5. The molecule has 0 fully saturated rings. The SMILES string of the molecule is COC1=N[N+](=O)C(OC)C=C1. The molecule has 0 aromatic heterocycles. The molecule has 0 radical (unpaired) electrons. The van der Waals surface area contributed by atoms with E-state index in [0.29, 0.717) is 4.87 Å². The van der Waals surface area contributed by atoms with Gasteiger partial charge < -0.3 is 9.47 Å². The lowest BCUT2D eigenvalue weighted by atomic mass is 10.4. The van der Waals surface area contributed by atoms with E-state index in [1.54, 1.807) is 12.2 Å². The third-order valence-electron chi connectivity index (χ3n) is 1.27. The average molecular weight is 157 g/mol. The van der Waals surface area contributed by atoms with Gasteiger partial charge in [-0.1, -0.05) is 0 Å². The lowest BCUT2D eigenvalue weighted by molar-refractivity contribution is -0.623. The second-order valence-corrected chi connectivity index (χ2v) is 1.93. The van der Waals surface area contributed by atoms with E-state index in [9.17, 15) is 4.91 Å². The summed E-state index contributed by atoms with van der Waals surface area (Å²) < 4.78 is 9.48. The first-order valence-corrected chi connectivity index (χ1v) is 3.08. The van der Waals surface area contributed by atoms with Crippen LogP contribution in [-0.2, 0) is 9.47 Å². The second kappa shape index (κ2) is 3.25. The fourth-order valence-electron chi connectivity index (χ4n) is 0.703. The van der Waals surface area contributed by atoms with Crippen LogP contribution in [0.3, 0.4) is 0 Å². The van der Waals surface area contributed by atoms with Crippen LogP contribution in [0.1, 0.15) is 0 Å². The molecular formula is C6H9N2O3+. The van der Waals surface area contributed by atoms with Gasteiger partial charge in [-0.2, -0.15) is 0 Å². The van der Waals surface area contributed by atoms with Crippen LogP contribution in [-0.4, -0.2) is 31.2 Å². The molecule has 1 unspecified atom stereocenters. The molecule has 0 spiro atoms. The van der Waals surface area contributed by atoms with Crippen LogP contribution in [0.25, 0.3) is 0 Å². The van der Waals surface area contributed by atoms with Crippen molar-refractivity contribution < 1.29 is 14.3 Å². The number of hydrogen-bond acceptors (Lipinski definition) is 3. The van der Waals surface area contributed by atoms with E-state index in [4.69, 9.17) is 9.47 Å². The van der Waals surface area contributed by atoms with Gasteiger partial charge in [-0.05, 0) is 0 Å². The first-order chi connectivity index (χ1) is 5.27. The van der Waals surface area contributed by atoms with Crippen molar-refractivity contribution >= 4 is 5.90 Å². The maximum atomic E-state index is 10.9. The van der Waals surface area contributed by atoms with E-state index in [1.807, 2.05) is 0 Å². The van der Waals surface area contributed by atoms with Crippen molar-refractivity contribution in [2.45, 2.75) is 6.23 Å². The monoisotopic (exact) mass is 157 g/mol. The third-order valence-corrected chi connectivity index (χ3v) is 1.27. The fourth-order valence-corrected chi connectivity index (χ4v) is 0.703. The van der Waals surface area contributed by atoms with Crippen LogP contribution >= 0.6 is 0 Å². The molecule has 5 nitrogen and oxygen atoms in total. The van der Waals surface area contributed by atoms with Crippen molar-refractivity contribution in [1.82, 2.24) is 0 Å². The molecule has 0 aliphatic carbocycles. The smallest absolute Gasteiger partial charge is 0.359 e. The molecule has 0 aromatic rings. The third kappa shape index (κ3) is 1.62. The topological polar surface area (TPSA) is 50.9 Å². The predicted molar refractivity (Wildman–Crippen MR) is 38.0 cm³/mol. The van der Waals surface area contributed by atoms with E-state index in [-0.39, 0.29) is 5.90 Å². The van der Waals surface area contributed by atoms with Gasteiger partial charge in [-0.25, -0.2) is 0 Å². The standard InChI is InChI=1S/C6H9N2O3/c1-10-5-3-4-6(11-2)8(9)7-5/h3-4,6H,1-2H3/q+1. The molecule has 0 saturated carbocycles. The molecule has 1 aliphatic heterocycles. The summed E-state index contributed by atoms with van der Waals surface area (Å²) in [5, 5.41) is 3.51. The van der Waals surface area contributed by atoms with E-state index in [1.165, 1.54) is 14.2 Å². The van der Waals surface area contributed by atoms with Crippen molar-refractivity contribution in [3.05, 3.63) is 17.1 Å². The van der Waals surface area contributed by atoms with Gasteiger partial charge in [0.25, 0.3) is 5.90 Å². The summed E-state index contributed by atoms with van der Waals surface area (Å²) in [5.74, 6) is 0.285. The molecule has 1 heterocycles. The summed E-state index contributed by atoms with van der Waals surface area (Å²) in [6.45, 7) is 0. The van der Waals surface area contributed by atoms with Gasteiger partial charge in [0.05, 0.1) is 17.1 Å². The highest BCUT2D eigenvalue weighted by Gasteiger charge is 2.26. The zero-order valence-corrected chi connectivity index (χ0v) is 6.35. The molecule has 0 amide bonds. The molecule has 0 aromatic carbocycles. The Hall–Kier alpha value is -1.23. The van der Waals surface area contributed by atoms with Crippen LogP contribution < -0.4 is 0 Å². The Labute approximate surface area is 63.9 Å². The number of nitrogens with zero attached hydrogens (tertiary/aromatic N) is 2. The Morgan fingerprint density at radius 2 is 2.36 bits per heavy atom. The lowest BCUT2D eigenvalue weighted by Crippen LogP contribution is -2.24. The van der Waals surface area contributed by atoms with Crippen LogP contribution in [0.2, 0.25) is 0 Å². The van der Waals surface area contributed by atoms with Gasteiger partial charge >= 0.3 is 6.23 Å². The summed E-state index contributed by atoms with van der Waals surface area (Å²) in [6, 6.07) is 0. The van der Waals surface area contributed by atoms with Crippen LogP contribution in [0.15, 0.2) is 17.3 Å². The molecule has 1 rings (SSSR count). The number of nitroso groups, excluding NO2 is 1. The summed E-state index contributed by atoms with van der Waals surface area (Å²) in [4.78, 5) is 11.3. The summed E-state index contributed by atoms with van der Waals surface area (Å²) in [6.07, 6.45) is 2.52. The maximum absolute atomic E-state index is 10.9. The van der Waals surface area contributed by atoms with Gasteiger partial charge in [0.15, 0.2) is 4.87 Å². The van der Waals surface area contributed by atoms with Gasteiger partial charge in [-0.15, -0.1) is 0 Å². The van der Waals surface area contributed by atoms with Crippen LogP contribution in [0, 0.1) is 4.91 Å². The quantitative estimate of drug-likeness (QED) is 0.513. The normalized spacial score (nSPS) is 23.3.